The molecule has 1 saturated carbocycles. The minimum Gasteiger partial charge on any atom is -0.353 e. The van der Waals surface area contributed by atoms with Crippen LogP contribution in [0.2, 0.25) is 0 Å². The molecule has 0 aliphatic heterocycles. The summed E-state index contributed by atoms with van der Waals surface area (Å²) in [4.78, 5) is 0. The molecule has 4 unspecified atom stereocenters. The van der Waals surface area contributed by atoms with Crippen LogP contribution in [0.5, 0.6) is 0 Å². The van der Waals surface area contributed by atoms with E-state index in [4.69, 9.17) is 9.47 Å². The molecule has 0 aromatic carbocycles. The second-order valence-corrected chi connectivity index (χ2v) is 5.64. The van der Waals surface area contributed by atoms with Crippen molar-refractivity contribution in [2.75, 3.05) is 13.2 Å². The average molecular weight is 238 g/mol. The van der Waals surface area contributed by atoms with Crippen molar-refractivity contribution in [2.24, 2.45) is 17.3 Å². The van der Waals surface area contributed by atoms with Gasteiger partial charge in [0.2, 0.25) is 0 Å². The van der Waals surface area contributed by atoms with Gasteiger partial charge >= 0.3 is 0 Å². The highest BCUT2D eigenvalue weighted by Crippen LogP contribution is 2.54. The zero-order valence-corrected chi connectivity index (χ0v) is 11.4. The third kappa shape index (κ3) is 2.74. The quantitative estimate of drug-likeness (QED) is 0.496. The lowest BCUT2D eigenvalue weighted by atomic mass is 9.73. The predicted octanol–water partition coefficient (Wildman–Crippen LogP) is 3.77. The van der Waals surface area contributed by atoms with E-state index in [-0.39, 0.29) is 6.29 Å². The van der Waals surface area contributed by atoms with Gasteiger partial charge in [0.1, 0.15) is 0 Å². The van der Waals surface area contributed by atoms with E-state index in [1.807, 2.05) is 13.8 Å². The van der Waals surface area contributed by atoms with Crippen molar-refractivity contribution in [3.05, 3.63) is 12.2 Å². The van der Waals surface area contributed by atoms with Crippen molar-refractivity contribution in [2.45, 2.75) is 52.7 Å². The number of hydrogen-bond acceptors (Lipinski definition) is 2. The lowest BCUT2D eigenvalue weighted by molar-refractivity contribution is -0.152. The lowest BCUT2D eigenvalue weighted by Crippen LogP contribution is -2.33. The van der Waals surface area contributed by atoms with Crippen LogP contribution >= 0.6 is 0 Å². The fourth-order valence-electron chi connectivity index (χ4n) is 3.64. The van der Waals surface area contributed by atoms with Crippen LogP contribution in [-0.2, 0) is 9.47 Å². The molecule has 2 heteroatoms. The summed E-state index contributed by atoms with van der Waals surface area (Å²) in [5.41, 5.74) is 0.402. The molecule has 0 radical (unpaired) electrons. The van der Waals surface area contributed by atoms with Crippen molar-refractivity contribution in [3.63, 3.8) is 0 Å². The molecule has 0 N–H and O–H groups in total. The molecule has 0 spiro atoms. The van der Waals surface area contributed by atoms with Crippen LogP contribution in [0.3, 0.4) is 0 Å². The van der Waals surface area contributed by atoms with E-state index in [9.17, 15) is 0 Å². The van der Waals surface area contributed by atoms with Gasteiger partial charge in [0.15, 0.2) is 6.29 Å². The Kier molecular flexibility index (Phi) is 4.26. The molecule has 0 aromatic rings. The maximum atomic E-state index is 5.92. The number of ether oxygens (including phenoxy) is 2. The third-order valence-electron chi connectivity index (χ3n) is 4.38. The molecule has 2 bridgehead atoms. The Morgan fingerprint density at radius 2 is 2.12 bits per heavy atom. The summed E-state index contributed by atoms with van der Waals surface area (Å²) in [5, 5.41) is 0. The summed E-state index contributed by atoms with van der Waals surface area (Å²) in [6.07, 6.45) is 9.99. The zero-order chi connectivity index (χ0) is 12.3. The van der Waals surface area contributed by atoms with Crippen LogP contribution in [0.25, 0.3) is 0 Å². The Hall–Kier alpha value is -0.340. The van der Waals surface area contributed by atoms with Crippen LogP contribution < -0.4 is 0 Å². The van der Waals surface area contributed by atoms with E-state index in [0.29, 0.717) is 5.41 Å². The van der Waals surface area contributed by atoms with E-state index in [2.05, 4.69) is 19.1 Å². The fraction of sp³-hybridized carbons (Fsp3) is 0.867. The fourth-order valence-corrected chi connectivity index (χ4v) is 3.64. The third-order valence-corrected chi connectivity index (χ3v) is 4.38. The monoisotopic (exact) mass is 238 g/mol. The first-order valence-electron chi connectivity index (χ1n) is 7.11. The maximum absolute atomic E-state index is 5.92. The largest absolute Gasteiger partial charge is 0.353 e. The maximum Gasteiger partial charge on any atom is 0.154 e. The van der Waals surface area contributed by atoms with E-state index in [0.717, 1.165) is 25.0 Å². The molecule has 98 valence electrons. The van der Waals surface area contributed by atoms with Gasteiger partial charge in [-0.05, 0) is 44.9 Å². The molecule has 2 aliphatic rings. The highest BCUT2D eigenvalue weighted by molar-refractivity contribution is 5.15. The van der Waals surface area contributed by atoms with Crippen molar-refractivity contribution >= 4 is 0 Å². The van der Waals surface area contributed by atoms with E-state index in [1.165, 1.54) is 25.7 Å². The van der Waals surface area contributed by atoms with Crippen LogP contribution in [0.4, 0.5) is 0 Å². The molecule has 17 heavy (non-hydrogen) atoms. The zero-order valence-electron chi connectivity index (χ0n) is 11.4. The summed E-state index contributed by atoms with van der Waals surface area (Å²) >= 11 is 0. The Morgan fingerprint density at radius 3 is 2.65 bits per heavy atom. The van der Waals surface area contributed by atoms with Crippen molar-refractivity contribution in [1.82, 2.24) is 0 Å². The van der Waals surface area contributed by atoms with Gasteiger partial charge in [-0.1, -0.05) is 25.5 Å². The highest BCUT2D eigenvalue weighted by Gasteiger charge is 2.47. The predicted molar refractivity (Wildman–Crippen MR) is 69.7 cm³/mol. The first-order chi connectivity index (χ1) is 8.20. The molecule has 2 aliphatic carbocycles. The Balaban J connectivity index is 1.92. The summed E-state index contributed by atoms with van der Waals surface area (Å²) in [5.74, 6) is 1.57. The molecule has 2 nitrogen and oxygen atoms in total. The van der Waals surface area contributed by atoms with Gasteiger partial charge in [0.25, 0.3) is 0 Å². The SMILES string of the molecule is CCCC1(COC(C)OCC)CC2C=CC1C2. The van der Waals surface area contributed by atoms with Crippen LogP contribution in [0.15, 0.2) is 12.2 Å². The molecule has 4 atom stereocenters. The van der Waals surface area contributed by atoms with Crippen molar-refractivity contribution in [1.29, 1.82) is 0 Å². The van der Waals surface area contributed by atoms with Gasteiger partial charge in [-0.3, -0.25) is 0 Å². The Morgan fingerprint density at radius 1 is 1.29 bits per heavy atom. The lowest BCUT2D eigenvalue weighted by Gasteiger charge is -2.36. The minimum atomic E-state index is -0.0585. The second-order valence-electron chi connectivity index (χ2n) is 5.64. The van der Waals surface area contributed by atoms with Gasteiger partial charge in [0, 0.05) is 12.0 Å². The second kappa shape index (κ2) is 5.53. The average Bonchev–Trinajstić information content (AvgIpc) is 2.88. The summed E-state index contributed by atoms with van der Waals surface area (Å²) in [6, 6.07) is 0. The smallest absolute Gasteiger partial charge is 0.154 e. The molecule has 0 amide bonds. The van der Waals surface area contributed by atoms with Crippen LogP contribution in [0, 0.1) is 17.3 Å². The summed E-state index contributed by atoms with van der Waals surface area (Å²) < 4.78 is 11.4. The summed E-state index contributed by atoms with van der Waals surface area (Å²) in [7, 11) is 0. The standard InChI is InChI=1S/C15H26O2/c1-4-8-15(11-17-12(3)16-5-2)10-13-6-7-14(15)9-13/h6-7,12-14H,4-5,8-11H2,1-3H3. The normalized spacial score (nSPS) is 36.6. The summed E-state index contributed by atoms with van der Waals surface area (Å²) in [6.45, 7) is 7.90. The number of rotatable bonds is 7. The first-order valence-corrected chi connectivity index (χ1v) is 7.11. The van der Waals surface area contributed by atoms with Crippen LogP contribution in [-0.4, -0.2) is 19.5 Å². The molecule has 2 rings (SSSR count). The van der Waals surface area contributed by atoms with E-state index in [1.54, 1.807) is 0 Å². The van der Waals surface area contributed by atoms with Crippen molar-refractivity contribution in [3.8, 4) is 0 Å². The van der Waals surface area contributed by atoms with Crippen LogP contribution in [0.1, 0.15) is 46.5 Å². The van der Waals surface area contributed by atoms with Gasteiger partial charge in [0.05, 0.1) is 6.61 Å². The molecular formula is C15H26O2. The number of allylic oxidation sites excluding steroid dienone is 2. The van der Waals surface area contributed by atoms with Gasteiger partial charge in [-0.2, -0.15) is 0 Å². The highest BCUT2D eigenvalue weighted by atomic mass is 16.7. The Bertz CT molecular complexity index is 274. The molecular weight excluding hydrogens is 212 g/mol. The van der Waals surface area contributed by atoms with Gasteiger partial charge in [-0.25, -0.2) is 0 Å². The molecule has 0 saturated heterocycles. The number of fused-ring (bicyclic) bond motifs is 2. The molecule has 0 heterocycles. The van der Waals surface area contributed by atoms with Gasteiger partial charge < -0.3 is 9.47 Å². The Labute approximate surface area is 105 Å². The molecule has 1 fully saturated rings. The van der Waals surface area contributed by atoms with Crippen molar-refractivity contribution < 1.29 is 9.47 Å². The number of hydrogen-bond donors (Lipinski definition) is 0. The first kappa shape index (κ1) is 13.1. The van der Waals surface area contributed by atoms with E-state index >= 15 is 0 Å². The topological polar surface area (TPSA) is 18.5 Å². The van der Waals surface area contributed by atoms with Gasteiger partial charge in [-0.15, -0.1) is 0 Å². The molecule has 0 aromatic heterocycles. The van der Waals surface area contributed by atoms with E-state index < -0.39 is 0 Å². The minimum absolute atomic E-state index is 0.0585.